The van der Waals surface area contributed by atoms with Crippen molar-refractivity contribution in [2.75, 3.05) is 11.9 Å². The number of hydrogen-bond donors (Lipinski definition) is 2. The molecule has 3 aromatic rings. The minimum atomic E-state index is -0.169. The highest BCUT2D eigenvalue weighted by molar-refractivity contribution is 7.09. The summed E-state index contributed by atoms with van der Waals surface area (Å²) in [5.41, 5.74) is 1.26. The molecule has 6 heteroatoms. The smallest absolute Gasteiger partial charge is 0.255 e. The van der Waals surface area contributed by atoms with Crippen molar-refractivity contribution in [3.8, 4) is 5.75 Å². The fourth-order valence-electron chi connectivity index (χ4n) is 2.34. The molecular weight excluding hydrogens is 334 g/mol. The molecule has 128 valence electrons. The Hall–Kier alpha value is -2.86. The van der Waals surface area contributed by atoms with E-state index < -0.39 is 0 Å². The number of carbonyl (C=O) groups is 1. The van der Waals surface area contributed by atoms with E-state index in [9.17, 15) is 4.79 Å². The normalized spacial score (nSPS) is 10.3. The number of thiophene rings is 1. The Labute approximate surface area is 150 Å². The minimum absolute atomic E-state index is 0.169. The van der Waals surface area contributed by atoms with Crippen LogP contribution in [0.1, 0.15) is 22.2 Å². The van der Waals surface area contributed by atoms with E-state index in [2.05, 4.69) is 15.6 Å². The number of nitrogens with one attached hydrogen (secondary N) is 2. The average Bonchev–Trinajstić information content (AvgIpc) is 3.16. The number of ether oxygens (including phenoxy) is 1. The second-order valence-corrected chi connectivity index (χ2v) is 6.25. The Bertz CT molecular complexity index is 834. The van der Waals surface area contributed by atoms with Gasteiger partial charge in [-0.1, -0.05) is 18.2 Å². The monoisotopic (exact) mass is 353 g/mol. The van der Waals surface area contributed by atoms with Gasteiger partial charge in [-0.25, -0.2) is 4.98 Å². The Kier molecular flexibility index (Phi) is 5.64. The number of pyridine rings is 1. The zero-order chi connectivity index (χ0) is 17.5. The van der Waals surface area contributed by atoms with E-state index in [1.54, 1.807) is 29.7 Å². The molecule has 0 radical (unpaired) electrons. The van der Waals surface area contributed by atoms with Gasteiger partial charge in [0.1, 0.15) is 11.6 Å². The first kappa shape index (κ1) is 17.0. The third-order valence-electron chi connectivity index (χ3n) is 3.50. The molecule has 1 amide bonds. The van der Waals surface area contributed by atoms with Crippen LogP contribution in [-0.2, 0) is 6.54 Å². The standard InChI is InChI=1S/C19H19N3O2S/c1-2-24-17-10-4-3-9-16(17)22-18-15(8-5-11-20-18)19(23)21-13-14-7-6-12-25-14/h3-12H,2,13H2,1H3,(H,20,22)(H,21,23). The lowest BCUT2D eigenvalue weighted by molar-refractivity contribution is 0.0952. The van der Waals surface area contributed by atoms with E-state index >= 15 is 0 Å². The summed E-state index contributed by atoms with van der Waals surface area (Å²) in [6, 6.07) is 15.0. The number of hydrogen-bond acceptors (Lipinski definition) is 5. The molecule has 0 saturated heterocycles. The maximum Gasteiger partial charge on any atom is 0.255 e. The molecule has 0 saturated carbocycles. The molecule has 2 heterocycles. The molecule has 0 spiro atoms. The quantitative estimate of drug-likeness (QED) is 0.668. The van der Waals surface area contributed by atoms with Gasteiger partial charge in [0.25, 0.3) is 5.91 Å². The Morgan fingerprint density at radius 1 is 1.16 bits per heavy atom. The second-order valence-electron chi connectivity index (χ2n) is 5.22. The van der Waals surface area contributed by atoms with Gasteiger partial charge < -0.3 is 15.4 Å². The van der Waals surface area contributed by atoms with Crippen molar-refractivity contribution in [3.63, 3.8) is 0 Å². The first-order chi connectivity index (χ1) is 12.3. The topological polar surface area (TPSA) is 63.2 Å². The van der Waals surface area contributed by atoms with Crippen LogP contribution in [0.25, 0.3) is 0 Å². The van der Waals surface area contributed by atoms with Crippen molar-refractivity contribution in [1.29, 1.82) is 0 Å². The molecule has 0 bridgehead atoms. The zero-order valence-corrected chi connectivity index (χ0v) is 14.7. The molecule has 0 aliphatic carbocycles. The van der Waals surface area contributed by atoms with Gasteiger partial charge in [-0.05, 0) is 42.6 Å². The molecule has 0 fully saturated rings. The molecule has 5 nitrogen and oxygen atoms in total. The number of para-hydroxylation sites is 2. The summed E-state index contributed by atoms with van der Waals surface area (Å²) in [6.07, 6.45) is 1.65. The van der Waals surface area contributed by atoms with Crippen LogP contribution in [-0.4, -0.2) is 17.5 Å². The number of aromatic nitrogens is 1. The number of anilines is 2. The molecule has 0 unspecified atom stereocenters. The predicted octanol–water partition coefficient (Wildman–Crippen LogP) is 4.22. The Morgan fingerprint density at radius 2 is 2.04 bits per heavy atom. The van der Waals surface area contributed by atoms with E-state index in [0.29, 0.717) is 24.5 Å². The highest BCUT2D eigenvalue weighted by atomic mass is 32.1. The summed E-state index contributed by atoms with van der Waals surface area (Å²) in [4.78, 5) is 18.0. The number of carbonyl (C=O) groups excluding carboxylic acids is 1. The minimum Gasteiger partial charge on any atom is -0.492 e. The van der Waals surface area contributed by atoms with Crippen molar-refractivity contribution < 1.29 is 9.53 Å². The summed E-state index contributed by atoms with van der Waals surface area (Å²) < 4.78 is 5.62. The van der Waals surface area contributed by atoms with Crippen LogP contribution in [0, 0.1) is 0 Å². The van der Waals surface area contributed by atoms with Crippen LogP contribution in [0.5, 0.6) is 5.75 Å². The molecule has 0 atom stereocenters. The first-order valence-corrected chi connectivity index (χ1v) is 8.90. The van der Waals surface area contributed by atoms with E-state index in [0.717, 1.165) is 16.3 Å². The number of amides is 1. The summed E-state index contributed by atoms with van der Waals surface area (Å²) in [7, 11) is 0. The second kappa shape index (κ2) is 8.30. The van der Waals surface area contributed by atoms with Crippen LogP contribution in [0.15, 0.2) is 60.1 Å². The maximum atomic E-state index is 12.5. The van der Waals surface area contributed by atoms with Crippen molar-refractivity contribution in [2.45, 2.75) is 13.5 Å². The fraction of sp³-hybridized carbons (Fsp3) is 0.158. The Balaban J connectivity index is 1.78. The van der Waals surface area contributed by atoms with Gasteiger partial charge >= 0.3 is 0 Å². The third kappa shape index (κ3) is 4.36. The van der Waals surface area contributed by atoms with Crippen LogP contribution < -0.4 is 15.4 Å². The molecular formula is C19H19N3O2S. The molecule has 0 aliphatic rings. The number of nitrogens with zero attached hydrogens (tertiary/aromatic N) is 1. The maximum absolute atomic E-state index is 12.5. The summed E-state index contributed by atoms with van der Waals surface area (Å²) >= 11 is 1.61. The predicted molar refractivity (Wildman–Crippen MR) is 101 cm³/mol. The van der Waals surface area contributed by atoms with E-state index in [4.69, 9.17) is 4.74 Å². The van der Waals surface area contributed by atoms with E-state index in [-0.39, 0.29) is 5.91 Å². The highest BCUT2D eigenvalue weighted by Crippen LogP contribution is 2.28. The largest absolute Gasteiger partial charge is 0.492 e. The molecule has 3 rings (SSSR count). The van der Waals surface area contributed by atoms with Crippen LogP contribution >= 0.6 is 11.3 Å². The molecule has 25 heavy (non-hydrogen) atoms. The fourth-order valence-corrected chi connectivity index (χ4v) is 2.99. The van der Waals surface area contributed by atoms with Gasteiger partial charge in [-0.15, -0.1) is 11.3 Å². The van der Waals surface area contributed by atoms with Crippen molar-refractivity contribution in [1.82, 2.24) is 10.3 Å². The van der Waals surface area contributed by atoms with Gasteiger partial charge in [0, 0.05) is 11.1 Å². The lowest BCUT2D eigenvalue weighted by Gasteiger charge is -2.14. The average molecular weight is 353 g/mol. The molecule has 1 aromatic carbocycles. The van der Waals surface area contributed by atoms with Gasteiger partial charge in [-0.2, -0.15) is 0 Å². The van der Waals surface area contributed by atoms with Crippen LogP contribution in [0.4, 0.5) is 11.5 Å². The van der Waals surface area contributed by atoms with Crippen molar-refractivity contribution in [3.05, 3.63) is 70.5 Å². The summed E-state index contributed by atoms with van der Waals surface area (Å²) in [5, 5.41) is 8.12. The van der Waals surface area contributed by atoms with Gasteiger partial charge in [0.05, 0.1) is 24.4 Å². The lowest BCUT2D eigenvalue weighted by atomic mass is 10.2. The van der Waals surface area contributed by atoms with Crippen molar-refractivity contribution in [2.24, 2.45) is 0 Å². The SMILES string of the molecule is CCOc1ccccc1Nc1ncccc1C(=O)NCc1cccs1. The zero-order valence-electron chi connectivity index (χ0n) is 13.9. The van der Waals surface area contributed by atoms with Crippen LogP contribution in [0.2, 0.25) is 0 Å². The summed E-state index contributed by atoms with van der Waals surface area (Å²) in [5.74, 6) is 1.05. The molecule has 2 N–H and O–H groups in total. The lowest BCUT2D eigenvalue weighted by Crippen LogP contribution is -2.23. The van der Waals surface area contributed by atoms with Gasteiger partial charge in [0.2, 0.25) is 0 Å². The summed E-state index contributed by atoms with van der Waals surface area (Å²) in [6.45, 7) is 3.00. The molecule has 0 aliphatic heterocycles. The van der Waals surface area contributed by atoms with E-state index in [1.165, 1.54) is 0 Å². The Morgan fingerprint density at radius 3 is 2.84 bits per heavy atom. The van der Waals surface area contributed by atoms with Crippen LogP contribution in [0.3, 0.4) is 0 Å². The number of benzene rings is 1. The van der Waals surface area contributed by atoms with E-state index in [1.807, 2.05) is 48.7 Å². The first-order valence-electron chi connectivity index (χ1n) is 8.02. The number of rotatable bonds is 7. The third-order valence-corrected chi connectivity index (χ3v) is 4.37. The van der Waals surface area contributed by atoms with Gasteiger partial charge in [-0.3, -0.25) is 4.79 Å². The van der Waals surface area contributed by atoms with Gasteiger partial charge in [0.15, 0.2) is 0 Å². The highest BCUT2D eigenvalue weighted by Gasteiger charge is 2.14. The van der Waals surface area contributed by atoms with Crippen molar-refractivity contribution >= 4 is 28.7 Å². The molecule has 2 aromatic heterocycles.